The van der Waals surface area contributed by atoms with Crippen molar-refractivity contribution in [2.75, 3.05) is 13.2 Å². The molecule has 6 fully saturated rings. The minimum atomic E-state index is -1.75. The van der Waals surface area contributed by atoms with Crippen molar-refractivity contribution in [3.63, 3.8) is 0 Å². The Morgan fingerprint density at radius 2 is 1.28 bits per heavy atom. The number of allylic oxidation sites excluding steroid dienone is 1. The minimum Gasteiger partial charge on any atom is -0.460 e. The maximum Gasteiger partial charge on any atom is 0.330 e. The lowest BCUT2D eigenvalue weighted by atomic mass is 9.72. The van der Waals surface area contributed by atoms with Crippen molar-refractivity contribution in [3.05, 3.63) is 12.2 Å². The second-order valence-electron chi connectivity index (χ2n) is 16.1. The van der Waals surface area contributed by atoms with E-state index in [1.54, 1.807) is 6.08 Å². The summed E-state index contributed by atoms with van der Waals surface area (Å²) in [4.78, 5) is 12.5. The van der Waals surface area contributed by atoms with Gasteiger partial charge < -0.3 is 84.6 Å². The van der Waals surface area contributed by atoms with Gasteiger partial charge in [-0.3, -0.25) is 0 Å². The fourth-order valence-corrected chi connectivity index (χ4v) is 9.05. The van der Waals surface area contributed by atoms with Crippen LogP contribution >= 0.6 is 0 Å². The summed E-state index contributed by atoms with van der Waals surface area (Å²) in [6.07, 6.45) is -14.4. The lowest BCUT2D eigenvalue weighted by molar-refractivity contribution is -0.367. The zero-order chi connectivity index (χ0) is 38.8. The van der Waals surface area contributed by atoms with Crippen molar-refractivity contribution in [1.82, 2.24) is 0 Å². The highest BCUT2D eigenvalue weighted by molar-refractivity contribution is 5.81. The standard InChI is InChI=1S/C36H58O18/c37-13-25-28(43)30(45)32(47)35(53-25)51-23-11-18(39)10-22-19(23)12-24(34(50-22)16-4-7-20(40)21(41)9-16)52-36-33(48)31(46)29(44)26(54-36)14-49-27(42)8-3-15-1-5-17(38)6-2-15/h3,8,15-26,28-41,43-48H,1-2,4-7,9-14H2/p+1/t15?,16?,17?,18?,19?,20?,21?,22?,23?,24?,25-,26+,28-,29-,30+,31-,32-,33+,34?,35-,36-/m0/s1. The summed E-state index contributed by atoms with van der Waals surface area (Å²) in [6.45, 7) is -1.13. The molecule has 19 atom stereocenters. The Labute approximate surface area is 312 Å². The number of carbonyl (C=O) groups is 1. The highest BCUT2D eigenvalue weighted by Crippen LogP contribution is 2.44. The molecule has 0 radical (unpaired) electrons. The van der Waals surface area contributed by atoms with Crippen molar-refractivity contribution in [2.45, 2.75) is 174 Å². The Morgan fingerprint density at radius 3 is 1.93 bits per heavy atom. The Balaban J connectivity index is 1.17. The highest BCUT2D eigenvalue weighted by atomic mass is 16.7. The SMILES string of the molecule is O=C(C=CC1CCC(O)CC1)OC[C@H]1O[C@H](OC2CC3C(O[C@H]4O[C@@H](CO)[C@H](O)[C@@H](O)[C@@H]4O)CC(O)CC3[OH+]C2C2CCC(O)C(O)C2)[C@H](O)[C@@H](O)[C@H]1O. The quantitative estimate of drug-likeness (QED) is 0.0572. The molecule has 0 aromatic rings. The average molecular weight is 780 g/mol. The number of carbonyl (C=O) groups excluding carboxylic acids is 1. The first-order valence-corrected chi connectivity index (χ1v) is 19.3. The van der Waals surface area contributed by atoms with Gasteiger partial charge in [-0.15, -0.1) is 0 Å². The fourth-order valence-electron chi connectivity index (χ4n) is 9.05. The molecule has 3 aliphatic carbocycles. The number of rotatable bonds is 10. The van der Waals surface area contributed by atoms with Crippen LogP contribution in [0.15, 0.2) is 12.2 Å². The van der Waals surface area contributed by atoms with Crippen LogP contribution in [0.3, 0.4) is 0 Å². The number of hydrogen-bond acceptors (Lipinski definition) is 17. The van der Waals surface area contributed by atoms with E-state index in [1.807, 2.05) is 0 Å². The largest absolute Gasteiger partial charge is 0.460 e. The Hall–Kier alpha value is -1.43. The second-order valence-corrected chi connectivity index (χ2v) is 16.1. The van der Waals surface area contributed by atoms with E-state index < -0.39 is 129 Å². The lowest BCUT2D eigenvalue weighted by Gasteiger charge is -2.50. The van der Waals surface area contributed by atoms with Crippen molar-refractivity contribution < 1.29 is 89.4 Å². The maximum absolute atomic E-state index is 12.5. The summed E-state index contributed by atoms with van der Waals surface area (Å²) in [7, 11) is 0. The molecule has 9 unspecified atom stereocenters. The molecule has 6 aliphatic rings. The van der Waals surface area contributed by atoms with E-state index in [0.29, 0.717) is 25.7 Å². The van der Waals surface area contributed by atoms with Crippen LogP contribution in [-0.4, -0.2) is 190 Å². The fraction of sp³-hybridized carbons (Fsp3) is 0.917. The summed E-state index contributed by atoms with van der Waals surface area (Å²) in [5.41, 5.74) is 0. The Morgan fingerprint density at radius 1 is 0.648 bits per heavy atom. The van der Waals surface area contributed by atoms with Crippen molar-refractivity contribution in [2.24, 2.45) is 17.8 Å². The van der Waals surface area contributed by atoms with Crippen LogP contribution in [0.4, 0.5) is 0 Å². The van der Waals surface area contributed by atoms with Gasteiger partial charge in [-0.2, -0.15) is 0 Å². The lowest BCUT2D eigenvalue weighted by Crippen LogP contribution is -2.64. The summed E-state index contributed by atoms with van der Waals surface area (Å²) in [5.74, 6) is -1.38. The zero-order valence-corrected chi connectivity index (χ0v) is 30.1. The topological polar surface area (TPSA) is 299 Å². The average Bonchev–Trinajstić information content (AvgIpc) is 3.15. The molecular formula is C36H59O18+. The molecule has 18 nitrogen and oxygen atoms in total. The smallest absolute Gasteiger partial charge is 0.330 e. The molecule has 6 rings (SSSR count). The molecule has 3 heterocycles. The van der Waals surface area contributed by atoms with Gasteiger partial charge in [0.05, 0.1) is 43.0 Å². The van der Waals surface area contributed by atoms with Crippen LogP contribution in [0, 0.1) is 17.8 Å². The van der Waals surface area contributed by atoms with Crippen LogP contribution in [0.25, 0.3) is 0 Å². The molecule has 3 saturated heterocycles. The summed E-state index contributed by atoms with van der Waals surface area (Å²) in [6, 6.07) is 0. The molecule has 18 heteroatoms. The molecule has 0 aromatic carbocycles. The highest BCUT2D eigenvalue weighted by Gasteiger charge is 2.56. The second kappa shape index (κ2) is 18.4. The van der Waals surface area contributed by atoms with Crippen LogP contribution in [0.5, 0.6) is 0 Å². The van der Waals surface area contributed by atoms with Gasteiger partial charge in [0.1, 0.15) is 61.5 Å². The van der Waals surface area contributed by atoms with Gasteiger partial charge in [-0.25, -0.2) is 4.79 Å². The van der Waals surface area contributed by atoms with Gasteiger partial charge in [0.15, 0.2) is 24.8 Å². The predicted octanol–water partition coefficient (Wildman–Crippen LogP) is -4.02. The van der Waals surface area contributed by atoms with Gasteiger partial charge in [0.25, 0.3) is 0 Å². The monoisotopic (exact) mass is 779 g/mol. The van der Waals surface area contributed by atoms with Gasteiger partial charge in [0.2, 0.25) is 0 Å². The number of aliphatic hydroxyl groups excluding tert-OH is 11. The Bertz CT molecular complexity index is 1230. The first-order chi connectivity index (χ1) is 25.7. The van der Waals surface area contributed by atoms with Crippen LogP contribution in [0.1, 0.15) is 64.2 Å². The van der Waals surface area contributed by atoms with Crippen LogP contribution < -0.4 is 0 Å². The molecule has 0 bridgehead atoms. The van der Waals surface area contributed by atoms with Gasteiger partial charge >= 0.3 is 5.97 Å². The van der Waals surface area contributed by atoms with E-state index in [9.17, 15) is 61.0 Å². The molecule has 3 saturated carbocycles. The van der Waals surface area contributed by atoms with Crippen LogP contribution in [0.2, 0.25) is 0 Å². The van der Waals surface area contributed by atoms with E-state index in [2.05, 4.69) is 0 Å². The van der Waals surface area contributed by atoms with Gasteiger partial charge in [0, 0.05) is 24.8 Å². The molecule has 12 N–H and O–H groups in total. The zero-order valence-electron chi connectivity index (χ0n) is 30.1. The van der Waals surface area contributed by atoms with E-state index in [-0.39, 0.29) is 43.6 Å². The number of ether oxygens (including phenoxy) is 6. The van der Waals surface area contributed by atoms with E-state index in [0.717, 1.165) is 12.8 Å². The normalized spacial score (nSPS) is 50.4. The maximum atomic E-state index is 12.5. The molecule has 0 spiro atoms. The Kier molecular flexibility index (Phi) is 14.4. The minimum absolute atomic E-state index is 0.0788. The number of hydrogen-bond donors (Lipinski definition) is 11. The third-order valence-electron chi connectivity index (χ3n) is 12.3. The molecule has 54 heavy (non-hydrogen) atoms. The van der Waals surface area contributed by atoms with Gasteiger partial charge in [-0.05, 0) is 57.3 Å². The first kappa shape index (κ1) is 42.2. The summed E-state index contributed by atoms with van der Waals surface area (Å²) in [5, 5.41) is 115. The third-order valence-corrected chi connectivity index (χ3v) is 12.3. The molecular weight excluding hydrogens is 720 g/mol. The van der Waals surface area contributed by atoms with Crippen molar-refractivity contribution in [1.29, 1.82) is 0 Å². The van der Waals surface area contributed by atoms with E-state index >= 15 is 0 Å². The van der Waals surface area contributed by atoms with Crippen molar-refractivity contribution in [3.8, 4) is 0 Å². The molecule has 310 valence electrons. The third kappa shape index (κ3) is 9.63. The molecule has 3 aliphatic heterocycles. The molecule has 0 aromatic heterocycles. The first-order valence-electron chi connectivity index (χ1n) is 19.3. The molecule has 0 amide bonds. The van der Waals surface area contributed by atoms with E-state index in [1.165, 1.54) is 6.08 Å². The number of esters is 1. The summed E-state index contributed by atoms with van der Waals surface area (Å²) >= 11 is 0. The van der Waals surface area contributed by atoms with E-state index in [4.69, 9.17) is 28.4 Å². The summed E-state index contributed by atoms with van der Waals surface area (Å²) < 4.78 is 34.5. The van der Waals surface area contributed by atoms with Crippen LogP contribution in [-0.2, 0) is 28.5 Å². The van der Waals surface area contributed by atoms with Gasteiger partial charge in [-0.1, -0.05) is 6.08 Å². The number of aliphatic hydroxyl groups is 13. The van der Waals surface area contributed by atoms with Crippen molar-refractivity contribution >= 4 is 5.97 Å². The predicted molar refractivity (Wildman–Crippen MR) is 181 cm³/mol. The number of fused-ring (bicyclic) bond motifs is 1.